The van der Waals surface area contributed by atoms with Crippen molar-refractivity contribution < 1.29 is 9.47 Å². The number of ether oxygens (including phenoxy) is 2. The summed E-state index contributed by atoms with van der Waals surface area (Å²) in [6, 6.07) is 8.49. The first-order valence-electron chi connectivity index (χ1n) is 7.75. The molecule has 1 N–H and O–H groups in total. The Kier molecular flexibility index (Phi) is 8.12. The average Bonchev–Trinajstić information content (AvgIpc) is 2.43. The normalized spacial score (nSPS) is 12.4. The molecule has 0 aliphatic rings. The van der Waals surface area contributed by atoms with E-state index in [4.69, 9.17) is 9.47 Å². The quantitative estimate of drug-likeness (QED) is 0.656. The minimum atomic E-state index is 0.166. The third-order valence-electron chi connectivity index (χ3n) is 3.15. The van der Waals surface area contributed by atoms with Crippen molar-refractivity contribution in [3.63, 3.8) is 0 Å². The Bertz CT molecular complexity index is 366. The van der Waals surface area contributed by atoms with Crippen molar-refractivity contribution >= 4 is 0 Å². The van der Waals surface area contributed by atoms with E-state index in [0.717, 1.165) is 37.5 Å². The summed E-state index contributed by atoms with van der Waals surface area (Å²) in [4.78, 5) is 0. The molecule has 1 unspecified atom stereocenters. The van der Waals surface area contributed by atoms with Crippen LogP contribution in [0.5, 0.6) is 11.5 Å². The fraction of sp³-hybridized carbons (Fsp3) is 0.647. The zero-order chi connectivity index (χ0) is 14.8. The highest BCUT2D eigenvalue weighted by Gasteiger charge is 2.05. The predicted octanol–water partition coefficient (Wildman–Crippen LogP) is 4.02. The van der Waals surface area contributed by atoms with Gasteiger partial charge in [-0.3, -0.25) is 0 Å². The van der Waals surface area contributed by atoms with Gasteiger partial charge in [-0.15, -0.1) is 0 Å². The summed E-state index contributed by atoms with van der Waals surface area (Å²) in [5, 5.41) is 3.49. The molecule has 0 spiro atoms. The van der Waals surface area contributed by atoms with E-state index in [1.54, 1.807) is 0 Å². The molecule has 3 heteroatoms. The second-order valence-corrected chi connectivity index (χ2v) is 5.43. The lowest BCUT2D eigenvalue weighted by Gasteiger charge is -2.15. The highest BCUT2D eigenvalue weighted by atomic mass is 16.5. The minimum absolute atomic E-state index is 0.166. The maximum absolute atomic E-state index is 5.82. The van der Waals surface area contributed by atoms with Crippen LogP contribution in [-0.2, 0) is 0 Å². The van der Waals surface area contributed by atoms with Gasteiger partial charge in [0.2, 0.25) is 0 Å². The van der Waals surface area contributed by atoms with Gasteiger partial charge < -0.3 is 14.8 Å². The largest absolute Gasteiger partial charge is 0.490 e. The van der Waals surface area contributed by atoms with Crippen LogP contribution in [0.3, 0.4) is 0 Å². The van der Waals surface area contributed by atoms with Crippen LogP contribution in [-0.4, -0.2) is 25.3 Å². The SMILES string of the molecule is CCC(C)NCCCCOc1ccccc1OC(C)C. The lowest BCUT2D eigenvalue weighted by molar-refractivity contribution is 0.219. The third-order valence-corrected chi connectivity index (χ3v) is 3.15. The number of hydrogen-bond acceptors (Lipinski definition) is 3. The van der Waals surface area contributed by atoms with Crippen LogP contribution in [0.25, 0.3) is 0 Å². The van der Waals surface area contributed by atoms with E-state index < -0.39 is 0 Å². The monoisotopic (exact) mass is 279 g/mol. The van der Waals surface area contributed by atoms with Gasteiger partial charge in [0.15, 0.2) is 11.5 Å². The molecule has 0 bridgehead atoms. The Labute approximate surface area is 123 Å². The second kappa shape index (κ2) is 9.65. The maximum atomic E-state index is 5.82. The lowest BCUT2D eigenvalue weighted by Crippen LogP contribution is -2.26. The molecule has 0 saturated carbocycles. The molecule has 1 atom stereocenters. The number of rotatable bonds is 10. The van der Waals surface area contributed by atoms with Crippen molar-refractivity contribution in [2.24, 2.45) is 0 Å². The van der Waals surface area contributed by atoms with Gasteiger partial charge in [-0.1, -0.05) is 19.1 Å². The van der Waals surface area contributed by atoms with Gasteiger partial charge in [0, 0.05) is 6.04 Å². The molecule has 0 heterocycles. The number of para-hydroxylation sites is 2. The Morgan fingerprint density at radius 1 is 1.05 bits per heavy atom. The van der Waals surface area contributed by atoms with Crippen molar-refractivity contribution in [2.75, 3.05) is 13.2 Å². The molecule has 3 nitrogen and oxygen atoms in total. The second-order valence-electron chi connectivity index (χ2n) is 5.43. The summed E-state index contributed by atoms with van der Waals surface area (Å²) in [6.07, 6.45) is 3.53. The lowest BCUT2D eigenvalue weighted by atomic mass is 10.2. The minimum Gasteiger partial charge on any atom is -0.490 e. The summed E-state index contributed by atoms with van der Waals surface area (Å²) in [7, 11) is 0. The summed E-state index contributed by atoms with van der Waals surface area (Å²) in [6.45, 7) is 10.3. The Morgan fingerprint density at radius 2 is 1.75 bits per heavy atom. The van der Waals surface area contributed by atoms with Crippen molar-refractivity contribution in [3.8, 4) is 11.5 Å². The van der Waals surface area contributed by atoms with Gasteiger partial charge in [0.1, 0.15) is 0 Å². The molecule has 0 aromatic heterocycles. The van der Waals surface area contributed by atoms with Crippen LogP contribution in [0.1, 0.15) is 47.0 Å². The van der Waals surface area contributed by atoms with Gasteiger partial charge in [-0.2, -0.15) is 0 Å². The van der Waals surface area contributed by atoms with E-state index >= 15 is 0 Å². The smallest absolute Gasteiger partial charge is 0.161 e. The standard InChI is InChI=1S/C17H29NO2/c1-5-15(4)18-12-8-9-13-19-16-10-6-7-11-17(16)20-14(2)3/h6-7,10-11,14-15,18H,5,8-9,12-13H2,1-4H3. The molecule has 0 fully saturated rings. The van der Waals surface area contributed by atoms with E-state index in [1.807, 2.05) is 38.1 Å². The summed E-state index contributed by atoms with van der Waals surface area (Å²) < 4.78 is 11.6. The molecule has 0 amide bonds. The van der Waals surface area contributed by atoms with Crippen molar-refractivity contribution in [3.05, 3.63) is 24.3 Å². The van der Waals surface area contributed by atoms with Crippen LogP contribution in [0, 0.1) is 0 Å². The van der Waals surface area contributed by atoms with Gasteiger partial charge in [0.25, 0.3) is 0 Å². The molecule has 1 aromatic carbocycles. The van der Waals surface area contributed by atoms with Crippen LogP contribution >= 0.6 is 0 Å². The number of unbranched alkanes of at least 4 members (excludes halogenated alkanes) is 1. The van der Waals surface area contributed by atoms with Gasteiger partial charge in [0.05, 0.1) is 12.7 Å². The molecule has 20 heavy (non-hydrogen) atoms. The van der Waals surface area contributed by atoms with Gasteiger partial charge in [-0.25, -0.2) is 0 Å². The van der Waals surface area contributed by atoms with E-state index in [9.17, 15) is 0 Å². The van der Waals surface area contributed by atoms with Gasteiger partial charge >= 0.3 is 0 Å². The van der Waals surface area contributed by atoms with Crippen molar-refractivity contribution in [2.45, 2.75) is 59.1 Å². The predicted molar refractivity (Wildman–Crippen MR) is 84.7 cm³/mol. The van der Waals surface area contributed by atoms with Crippen molar-refractivity contribution in [1.29, 1.82) is 0 Å². The molecule has 0 radical (unpaired) electrons. The third kappa shape index (κ3) is 6.80. The summed E-state index contributed by atoms with van der Waals surface area (Å²) in [5.74, 6) is 1.68. The molecule has 1 rings (SSSR count). The molecule has 114 valence electrons. The summed E-state index contributed by atoms with van der Waals surface area (Å²) in [5.41, 5.74) is 0. The Balaban J connectivity index is 2.25. The zero-order valence-electron chi connectivity index (χ0n) is 13.3. The van der Waals surface area contributed by atoms with Crippen LogP contribution < -0.4 is 14.8 Å². The van der Waals surface area contributed by atoms with Gasteiger partial charge in [-0.05, 0) is 58.7 Å². The van der Waals surface area contributed by atoms with E-state index in [2.05, 4.69) is 19.2 Å². The molecular formula is C17H29NO2. The highest BCUT2D eigenvalue weighted by molar-refractivity contribution is 5.39. The maximum Gasteiger partial charge on any atom is 0.161 e. The summed E-state index contributed by atoms with van der Waals surface area (Å²) >= 11 is 0. The van der Waals surface area contributed by atoms with Crippen LogP contribution in [0.2, 0.25) is 0 Å². The fourth-order valence-electron chi connectivity index (χ4n) is 1.82. The first-order valence-corrected chi connectivity index (χ1v) is 7.75. The topological polar surface area (TPSA) is 30.5 Å². The van der Waals surface area contributed by atoms with E-state index in [-0.39, 0.29) is 6.10 Å². The first kappa shape index (κ1) is 16.8. The van der Waals surface area contributed by atoms with E-state index in [1.165, 1.54) is 6.42 Å². The number of benzene rings is 1. The molecule has 0 saturated heterocycles. The molecule has 1 aromatic rings. The molecular weight excluding hydrogens is 250 g/mol. The van der Waals surface area contributed by atoms with E-state index in [0.29, 0.717) is 6.04 Å². The molecule has 0 aliphatic carbocycles. The first-order chi connectivity index (χ1) is 9.63. The van der Waals surface area contributed by atoms with Crippen LogP contribution in [0.4, 0.5) is 0 Å². The molecule has 0 aliphatic heterocycles. The Morgan fingerprint density at radius 3 is 2.40 bits per heavy atom. The highest BCUT2D eigenvalue weighted by Crippen LogP contribution is 2.27. The average molecular weight is 279 g/mol. The zero-order valence-corrected chi connectivity index (χ0v) is 13.3. The number of hydrogen-bond donors (Lipinski definition) is 1. The fourth-order valence-corrected chi connectivity index (χ4v) is 1.82. The van der Waals surface area contributed by atoms with Crippen LogP contribution in [0.15, 0.2) is 24.3 Å². The number of nitrogens with one attached hydrogen (secondary N) is 1. The van der Waals surface area contributed by atoms with Crippen molar-refractivity contribution in [1.82, 2.24) is 5.32 Å². The Hall–Kier alpha value is -1.22.